The Morgan fingerprint density at radius 1 is 1.08 bits per heavy atom. The Labute approximate surface area is 145 Å². The van der Waals surface area contributed by atoms with Crippen LogP contribution in [0.5, 0.6) is 0 Å². The summed E-state index contributed by atoms with van der Waals surface area (Å²) in [4.78, 5) is 12.2. The molecule has 0 aromatic heterocycles. The van der Waals surface area contributed by atoms with E-state index in [2.05, 4.69) is 0 Å². The third-order valence-electron chi connectivity index (χ3n) is 4.30. The first-order chi connectivity index (χ1) is 11.7. The van der Waals surface area contributed by atoms with Crippen molar-refractivity contribution >= 4 is 21.4 Å². The van der Waals surface area contributed by atoms with Gasteiger partial charge in [0.05, 0.1) is 10.5 Å². The van der Waals surface area contributed by atoms with Crippen LogP contribution in [-0.4, -0.2) is 26.7 Å². The quantitative estimate of drug-likeness (QED) is 0.785. The van der Waals surface area contributed by atoms with E-state index in [0.717, 1.165) is 11.8 Å². The zero-order valence-electron chi connectivity index (χ0n) is 14.0. The number of esters is 1. The van der Waals surface area contributed by atoms with Crippen molar-refractivity contribution < 1.29 is 22.3 Å². The number of halogens is 1. The standard InChI is InChI=1S/C19H17FO4S/c1-11-12(2)24-19(21)18(11)14-7-8-17(25(3,22)23)16(10-14)13-5-4-6-15(20)9-13/h4-10,12H,1-3H3. The molecule has 2 aromatic carbocycles. The summed E-state index contributed by atoms with van der Waals surface area (Å²) in [7, 11) is -3.53. The molecule has 25 heavy (non-hydrogen) atoms. The molecule has 0 N–H and O–H groups in total. The van der Waals surface area contributed by atoms with Crippen molar-refractivity contribution in [3.8, 4) is 11.1 Å². The molecule has 6 heteroatoms. The van der Waals surface area contributed by atoms with Crippen molar-refractivity contribution in [2.45, 2.75) is 24.8 Å². The molecule has 0 bridgehead atoms. The molecule has 1 atom stereocenters. The monoisotopic (exact) mass is 360 g/mol. The minimum atomic E-state index is -3.53. The summed E-state index contributed by atoms with van der Waals surface area (Å²) in [6, 6.07) is 10.3. The third-order valence-corrected chi connectivity index (χ3v) is 5.45. The molecule has 1 aliphatic heterocycles. The first kappa shape index (κ1) is 17.4. The van der Waals surface area contributed by atoms with E-state index in [4.69, 9.17) is 4.74 Å². The van der Waals surface area contributed by atoms with Crippen molar-refractivity contribution in [2.24, 2.45) is 0 Å². The fourth-order valence-corrected chi connectivity index (χ4v) is 3.80. The molecule has 0 radical (unpaired) electrons. The molecule has 130 valence electrons. The Balaban J connectivity index is 2.27. The molecular formula is C19H17FO4S. The summed E-state index contributed by atoms with van der Waals surface area (Å²) in [5, 5.41) is 0. The average Bonchev–Trinajstić information content (AvgIpc) is 2.78. The van der Waals surface area contributed by atoms with E-state index in [1.54, 1.807) is 32.0 Å². The number of hydrogen-bond donors (Lipinski definition) is 0. The van der Waals surface area contributed by atoms with Crippen LogP contribution in [0.1, 0.15) is 19.4 Å². The number of cyclic esters (lactones) is 1. The highest BCUT2D eigenvalue weighted by Crippen LogP contribution is 2.35. The molecule has 3 rings (SSSR count). The predicted octanol–water partition coefficient (Wildman–Crippen LogP) is 3.62. The van der Waals surface area contributed by atoms with E-state index in [1.807, 2.05) is 0 Å². The average molecular weight is 360 g/mol. The molecule has 1 heterocycles. The molecule has 1 unspecified atom stereocenters. The van der Waals surface area contributed by atoms with E-state index in [-0.39, 0.29) is 11.0 Å². The lowest BCUT2D eigenvalue weighted by atomic mass is 9.96. The van der Waals surface area contributed by atoms with Gasteiger partial charge in [-0.25, -0.2) is 17.6 Å². The Bertz CT molecular complexity index is 1010. The van der Waals surface area contributed by atoms with Crippen LogP contribution < -0.4 is 0 Å². The van der Waals surface area contributed by atoms with E-state index in [0.29, 0.717) is 22.3 Å². The molecule has 0 saturated heterocycles. The molecule has 0 amide bonds. The normalized spacial score (nSPS) is 17.8. The molecule has 0 fully saturated rings. The smallest absolute Gasteiger partial charge is 0.339 e. The summed E-state index contributed by atoms with van der Waals surface area (Å²) in [5.74, 6) is -0.908. The second-order valence-electron chi connectivity index (χ2n) is 6.10. The third kappa shape index (κ3) is 3.22. The summed E-state index contributed by atoms with van der Waals surface area (Å²) in [6.45, 7) is 3.58. The molecule has 0 saturated carbocycles. The maximum absolute atomic E-state index is 13.6. The van der Waals surface area contributed by atoms with Gasteiger partial charge in [0.1, 0.15) is 11.9 Å². The Hall–Kier alpha value is -2.47. The van der Waals surface area contributed by atoms with Crippen LogP contribution >= 0.6 is 0 Å². The largest absolute Gasteiger partial charge is 0.455 e. The SMILES string of the molecule is CC1=C(c2ccc(S(C)(=O)=O)c(-c3cccc(F)c3)c2)C(=O)OC1C. The van der Waals surface area contributed by atoms with E-state index in [9.17, 15) is 17.6 Å². The maximum atomic E-state index is 13.6. The zero-order valence-corrected chi connectivity index (χ0v) is 14.9. The summed E-state index contributed by atoms with van der Waals surface area (Å²) >= 11 is 0. The molecular weight excluding hydrogens is 343 g/mol. The van der Waals surface area contributed by atoms with E-state index in [1.165, 1.54) is 24.3 Å². The van der Waals surface area contributed by atoms with Gasteiger partial charge in [-0.15, -0.1) is 0 Å². The summed E-state index contributed by atoms with van der Waals surface area (Å²) in [6.07, 6.45) is 0.774. The lowest BCUT2D eigenvalue weighted by Gasteiger charge is -2.11. The van der Waals surface area contributed by atoms with Gasteiger partial charge in [0, 0.05) is 11.8 Å². The zero-order chi connectivity index (χ0) is 18.4. The Morgan fingerprint density at radius 2 is 1.80 bits per heavy atom. The van der Waals surface area contributed by atoms with Gasteiger partial charge in [-0.3, -0.25) is 0 Å². The number of ether oxygens (including phenoxy) is 1. The minimum Gasteiger partial charge on any atom is -0.455 e. The topological polar surface area (TPSA) is 60.4 Å². The highest BCUT2D eigenvalue weighted by Gasteiger charge is 2.30. The first-order valence-electron chi connectivity index (χ1n) is 7.70. The van der Waals surface area contributed by atoms with Crippen LogP contribution in [0.25, 0.3) is 16.7 Å². The predicted molar refractivity (Wildman–Crippen MR) is 93.1 cm³/mol. The van der Waals surface area contributed by atoms with Crippen LogP contribution in [-0.2, 0) is 19.4 Å². The van der Waals surface area contributed by atoms with Crippen LogP contribution in [0.4, 0.5) is 4.39 Å². The van der Waals surface area contributed by atoms with Gasteiger partial charge in [0.25, 0.3) is 0 Å². The van der Waals surface area contributed by atoms with Gasteiger partial charge in [-0.05, 0) is 54.8 Å². The van der Waals surface area contributed by atoms with Gasteiger partial charge >= 0.3 is 5.97 Å². The minimum absolute atomic E-state index is 0.0829. The number of sulfone groups is 1. The molecule has 0 spiro atoms. The fourth-order valence-electron chi connectivity index (χ4n) is 2.91. The number of hydrogen-bond acceptors (Lipinski definition) is 4. The maximum Gasteiger partial charge on any atom is 0.339 e. The van der Waals surface area contributed by atoms with Gasteiger partial charge in [0.15, 0.2) is 9.84 Å². The highest BCUT2D eigenvalue weighted by atomic mass is 32.2. The van der Waals surface area contributed by atoms with E-state index < -0.39 is 21.6 Å². The Morgan fingerprint density at radius 3 is 2.36 bits per heavy atom. The van der Waals surface area contributed by atoms with E-state index >= 15 is 0 Å². The first-order valence-corrected chi connectivity index (χ1v) is 9.60. The van der Waals surface area contributed by atoms with Gasteiger partial charge in [-0.2, -0.15) is 0 Å². The number of carbonyl (C=O) groups excluding carboxylic acids is 1. The second kappa shape index (κ2) is 6.11. The lowest BCUT2D eigenvalue weighted by Crippen LogP contribution is -2.05. The fraction of sp³-hybridized carbons (Fsp3) is 0.211. The number of benzene rings is 2. The number of rotatable bonds is 3. The summed E-state index contributed by atoms with van der Waals surface area (Å²) in [5.41, 5.74) is 2.54. The van der Waals surface area contributed by atoms with Crippen LogP contribution in [0, 0.1) is 5.82 Å². The van der Waals surface area contributed by atoms with Crippen molar-refractivity contribution in [1.29, 1.82) is 0 Å². The summed E-state index contributed by atoms with van der Waals surface area (Å²) < 4.78 is 43.1. The second-order valence-corrected chi connectivity index (χ2v) is 8.08. The molecule has 0 aliphatic carbocycles. The lowest BCUT2D eigenvalue weighted by molar-refractivity contribution is -0.137. The number of carbonyl (C=O) groups is 1. The van der Waals surface area contributed by atoms with Crippen molar-refractivity contribution in [2.75, 3.05) is 6.26 Å². The van der Waals surface area contributed by atoms with Crippen molar-refractivity contribution in [3.05, 3.63) is 59.4 Å². The van der Waals surface area contributed by atoms with Crippen LogP contribution in [0.3, 0.4) is 0 Å². The van der Waals surface area contributed by atoms with Crippen LogP contribution in [0.15, 0.2) is 52.9 Å². The Kier molecular flexibility index (Phi) is 4.24. The molecule has 4 nitrogen and oxygen atoms in total. The molecule has 1 aliphatic rings. The van der Waals surface area contributed by atoms with Crippen molar-refractivity contribution in [1.82, 2.24) is 0 Å². The van der Waals surface area contributed by atoms with Gasteiger partial charge in [0.2, 0.25) is 0 Å². The van der Waals surface area contributed by atoms with Gasteiger partial charge in [-0.1, -0.05) is 18.2 Å². The van der Waals surface area contributed by atoms with Crippen molar-refractivity contribution in [3.63, 3.8) is 0 Å². The van der Waals surface area contributed by atoms with Gasteiger partial charge < -0.3 is 4.74 Å². The van der Waals surface area contributed by atoms with Crippen LogP contribution in [0.2, 0.25) is 0 Å². The molecule has 2 aromatic rings. The highest BCUT2D eigenvalue weighted by molar-refractivity contribution is 7.90.